The molecule has 1 saturated heterocycles. The number of piperidine rings is 1. The number of carbonyl (C=O) groups excluding carboxylic acids is 1. The van der Waals surface area contributed by atoms with Crippen LogP contribution in [0.15, 0.2) is 24.3 Å². The molecule has 1 unspecified atom stereocenters. The van der Waals surface area contributed by atoms with Crippen LogP contribution in [0.2, 0.25) is 0 Å². The van der Waals surface area contributed by atoms with Gasteiger partial charge in [-0.1, -0.05) is 12.1 Å². The number of ether oxygens (including phenoxy) is 1. The summed E-state index contributed by atoms with van der Waals surface area (Å²) < 4.78 is 5.14. The van der Waals surface area contributed by atoms with Crippen LogP contribution in [0.3, 0.4) is 0 Å². The van der Waals surface area contributed by atoms with Gasteiger partial charge in [-0.25, -0.2) is 0 Å². The highest BCUT2D eigenvalue weighted by molar-refractivity contribution is 5.79. The molecular weight excluding hydrogens is 214 g/mol. The molecule has 0 radical (unpaired) electrons. The third-order valence-corrected chi connectivity index (χ3v) is 3.37. The third-order valence-electron chi connectivity index (χ3n) is 3.37. The number of nitrogens with zero attached hydrogens (tertiary/aromatic N) is 1. The fourth-order valence-electron chi connectivity index (χ4n) is 2.25. The normalized spacial score (nSPS) is 21.5. The highest BCUT2D eigenvalue weighted by Crippen LogP contribution is 2.18. The summed E-state index contributed by atoms with van der Waals surface area (Å²) in [6.45, 7) is 3.92. The van der Waals surface area contributed by atoms with E-state index < -0.39 is 0 Å². The highest BCUT2D eigenvalue weighted by atomic mass is 16.5. The van der Waals surface area contributed by atoms with Gasteiger partial charge in [0.25, 0.3) is 0 Å². The average Bonchev–Trinajstić information content (AvgIpc) is 2.34. The maximum Gasteiger partial charge on any atom is 0.135 e. The summed E-state index contributed by atoms with van der Waals surface area (Å²) in [5.41, 5.74) is 1.27. The molecule has 1 aliphatic heterocycles. The van der Waals surface area contributed by atoms with Gasteiger partial charge in [-0.3, -0.25) is 9.69 Å². The first-order valence-corrected chi connectivity index (χ1v) is 6.07. The van der Waals surface area contributed by atoms with E-state index in [0.29, 0.717) is 24.7 Å². The molecule has 17 heavy (non-hydrogen) atoms. The number of methoxy groups -OCH3 is 1. The topological polar surface area (TPSA) is 29.5 Å². The quantitative estimate of drug-likeness (QED) is 0.802. The van der Waals surface area contributed by atoms with Crippen LogP contribution in [0, 0.1) is 0 Å². The number of benzene rings is 1. The average molecular weight is 233 g/mol. The first kappa shape index (κ1) is 12.1. The fourth-order valence-corrected chi connectivity index (χ4v) is 2.25. The van der Waals surface area contributed by atoms with Crippen molar-refractivity contribution in [1.29, 1.82) is 0 Å². The van der Waals surface area contributed by atoms with E-state index in [4.69, 9.17) is 4.74 Å². The molecule has 0 aliphatic carbocycles. The molecule has 3 nitrogen and oxygen atoms in total. The molecule has 3 heteroatoms. The van der Waals surface area contributed by atoms with Crippen molar-refractivity contribution in [1.82, 2.24) is 4.90 Å². The molecule has 0 amide bonds. The molecule has 92 valence electrons. The van der Waals surface area contributed by atoms with Crippen molar-refractivity contribution in [3.8, 4) is 5.75 Å². The van der Waals surface area contributed by atoms with Crippen molar-refractivity contribution >= 4 is 5.78 Å². The van der Waals surface area contributed by atoms with Crippen LogP contribution in [0.5, 0.6) is 5.75 Å². The second-order valence-corrected chi connectivity index (χ2v) is 4.66. The number of hydrogen-bond donors (Lipinski definition) is 0. The van der Waals surface area contributed by atoms with Gasteiger partial charge in [0, 0.05) is 32.0 Å². The molecule has 2 rings (SSSR count). The first-order chi connectivity index (χ1) is 8.19. The largest absolute Gasteiger partial charge is 0.497 e. The van der Waals surface area contributed by atoms with Gasteiger partial charge in [-0.15, -0.1) is 0 Å². The van der Waals surface area contributed by atoms with E-state index in [1.807, 2.05) is 12.1 Å². The summed E-state index contributed by atoms with van der Waals surface area (Å²) >= 11 is 0. The second-order valence-electron chi connectivity index (χ2n) is 4.66. The molecule has 0 spiro atoms. The minimum atomic E-state index is 0.360. The van der Waals surface area contributed by atoms with Crippen LogP contribution >= 0.6 is 0 Å². The Balaban J connectivity index is 1.97. The molecule has 0 bridgehead atoms. The van der Waals surface area contributed by atoms with Crippen LogP contribution in [0.25, 0.3) is 0 Å². The SMILES string of the molecule is COc1ccc(CN2CCC(=O)CC2C)cc1. The molecule has 1 atom stereocenters. The summed E-state index contributed by atoms with van der Waals surface area (Å²) in [5.74, 6) is 1.28. The number of hydrogen-bond acceptors (Lipinski definition) is 3. The molecule has 1 heterocycles. The number of likely N-dealkylation sites (tertiary alicyclic amines) is 1. The van der Waals surface area contributed by atoms with Crippen LogP contribution in [-0.2, 0) is 11.3 Å². The Kier molecular flexibility index (Phi) is 3.79. The highest BCUT2D eigenvalue weighted by Gasteiger charge is 2.23. The standard InChI is InChI=1S/C14H19NO2/c1-11-9-13(16)7-8-15(11)10-12-3-5-14(17-2)6-4-12/h3-6,11H,7-10H2,1-2H3. The van der Waals surface area contributed by atoms with Crippen molar-refractivity contribution in [2.45, 2.75) is 32.4 Å². The van der Waals surface area contributed by atoms with Gasteiger partial charge < -0.3 is 4.74 Å². The van der Waals surface area contributed by atoms with Crippen molar-refractivity contribution in [2.24, 2.45) is 0 Å². The Morgan fingerprint density at radius 1 is 1.35 bits per heavy atom. The van der Waals surface area contributed by atoms with Crippen LogP contribution < -0.4 is 4.74 Å². The number of rotatable bonds is 3. The van der Waals surface area contributed by atoms with E-state index in [1.54, 1.807) is 7.11 Å². The molecule has 1 aromatic rings. The maximum absolute atomic E-state index is 11.3. The first-order valence-electron chi connectivity index (χ1n) is 6.07. The smallest absolute Gasteiger partial charge is 0.135 e. The van der Waals surface area contributed by atoms with Crippen molar-refractivity contribution in [3.63, 3.8) is 0 Å². The van der Waals surface area contributed by atoms with Crippen molar-refractivity contribution in [3.05, 3.63) is 29.8 Å². The minimum Gasteiger partial charge on any atom is -0.497 e. The van der Waals surface area contributed by atoms with Gasteiger partial charge in [0.05, 0.1) is 7.11 Å². The number of ketones is 1. The molecule has 1 aliphatic rings. The summed E-state index contributed by atoms with van der Waals surface area (Å²) in [7, 11) is 1.67. The lowest BCUT2D eigenvalue weighted by Gasteiger charge is -2.32. The molecule has 0 aromatic heterocycles. The monoisotopic (exact) mass is 233 g/mol. The Hall–Kier alpha value is -1.35. The Morgan fingerprint density at radius 2 is 2.06 bits per heavy atom. The third kappa shape index (κ3) is 3.07. The van der Waals surface area contributed by atoms with Crippen molar-refractivity contribution in [2.75, 3.05) is 13.7 Å². The predicted molar refractivity (Wildman–Crippen MR) is 67.1 cm³/mol. The number of carbonyl (C=O) groups is 1. The van der Waals surface area contributed by atoms with Gasteiger partial charge >= 0.3 is 0 Å². The molecule has 0 N–H and O–H groups in total. The van der Waals surface area contributed by atoms with Gasteiger partial charge in [-0.2, -0.15) is 0 Å². The zero-order valence-corrected chi connectivity index (χ0v) is 10.5. The summed E-state index contributed by atoms with van der Waals surface area (Å²) in [4.78, 5) is 13.7. The van der Waals surface area contributed by atoms with Gasteiger partial charge in [0.15, 0.2) is 0 Å². The Bertz CT molecular complexity index is 386. The Morgan fingerprint density at radius 3 is 2.65 bits per heavy atom. The van der Waals surface area contributed by atoms with E-state index in [2.05, 4.69) is 24.0 Å². The lowest BCUT2D eigenvalue weighted by molar-refractivity contribution is -0.123. The Labute approximate surface area is 102 Å². The molecular formula is C14H19NO2. The lowest BCUT2D eigenvalue weighted by atomic mass is 10.0. The van der Waals surface area contributed by atoms with E-state index in [-0.39, 0.29) is 0 Å². The zero-order chi connectivity index (χ0) is 12.3. The van der Waals surface area contributed by atoms with E-state index in [9.17, 15) is 4.79 Å². The lowest BCUT2D eigenvalue weighted by Crippen LogP contribution is -2.40. The maximum atomic E-state index is 11.3. The van der Waals surface area contributed by atoms with Crippen LogP contribution in [-0.4, -0.2) is 30.4 Å². The zero-order valence-electron chi connectivity index (χ0n) is 10.5. The fraction of sp³-hybridized carbons (Fsp3) is 0.500. The van der Waals surface area contributed by atoms with E-state index >= 15 is 0 Å². The predicted octanol–water partition coefficient (Wildman–Crippen LogP) is 2.25. The summed E-state index contributed by atoms with van der Waals surface area (Å²) in [6, 6.07) is 8.49. The van der Waals surface area contributed by atoms with Gasteiger partial charge in [0.2, 0.25) is 0 Å². The molecule has 1 fully saturated rings. The minimum absolute atomic E-state index is 0.360. The number of Topliss-reactive ketones (excluding diaryl/α,β-unsaturated/α-hetero) is 1. The summed E-state index contributed by atoms with van der Waals surface area (Å²) in [5, 5.41) is 0. The van der Waals surface area contributed by atoms with E-state index in [0.717, 1.165) is 18.8 Å². The van der Waals surface area contributed by atoms with Crippen LogP contribution in [0.1, 0.15) is 25.3 Å². The second kappa shape index (κ2) is 5.32. The van der Waals surface area contributed by atoms with Crippen LogP contribution in [0.4, 0.5) is 0 Å². The van der Waals surface area contributed by atoms with E-state index in [1.165, 1.54) is 5.56 Å². The van der Waals surface area contributed by atoms with Gasteiger partial charge in [-0.05, 0) is 24.6 Å². The van der Waals surface area contributed by atoms with Crippen molar-refractivity contribution < 1.29 is 9.53 Å². The molecule has 0 saturated carbocycles. The van der Waals surface area contributed by atoms with Gasteiger partial charge in [0.1, 0.15) is 11.5 Å². The molecule has 1 aromatic carbocycles. The summed E-state index contributed by atoms with van der Waals surface area (Å²) in [6.07, 6.45) is 1.39.